The Kier molecular flexibility index (Phi) is 2.01. The van der Waals surface area contributed by atoms with Crippen LogP contribution in [0.15, 0.2) is 0 Å². The molecule has 10 heavy (non-hydrogen) atoms. The summed E-state index contributed by atoms with van der Waals surface area (Å²) in [4.78, 5) is 4.15. The quantitative estimate of drug-likeness (QED) is 0.625. The summed E-state index contributed by atoms with van der Waals surface area (Å²) in [6.07, 6.45) is 0. The molecule has 4 nitrogen and oxygen atoms in total. The summed E-state index contributed by atoms with van der Waals surface area (Å²) in [5, 5.41) is 9.82. The first-order chi connectivity index (χ1) is 4.74. The van der Waals surface area contributed by atoms with Crippen molar-refractivity contribution in [3.05, 3.63) is 11.6 Å². The minimum absolute atomic E-state index is 0.227. The second kappa shape index (κ2) is 2.79. The third-order valence-electron chi connectivity index (χ3n) is 1.43. The van der Waals surface area contributed by atoms with Crippen LogP contribution in [0.25, 0.3) is 0 Å². The normalized spacial score (nSPS) is 13.5. The fourth-order valence-corrected chi connectivity index (χ4v) is 0.683. The molecule has 1 aromatic heterocycles. The van der Waals surface area contributed by atoms with Gasteiger partial charge in [0.15, 0.2) is 5.82 Å². The molecule has 1 unspecified atom stereocenters. The van der Waals surface area contributed by atoms with E-state index in [1.165, 1.54) is 0 Å². The van der Waals surface area contributed by atoms with E-state index in [0.29, 0.717) is 0 Å². The maximum atomic E-state index is 4.15. The second-order valence-corrected chi connectivity index (χ2v) is 2.29. The average molecular weight is 140 g/mol. The van der Waals surface area contributed by atoms with E-state index >= 15 is 0 Å². The van der Waals surface area contributed by atoms with Crippen LogP contribution in [-0.2, 0) is 0 Å². The molecule has 1 aromatic rings. The van der Waals surface area contributed by atoms with E-state index in [2.05, 4.69) is 20.5 Å². The minimum atomic E-state index is 0.227. The Morgan fingerprint density at radius 3 is 2.70 bits per heavy atom. The van der Waals surface area contributed by atoms with Crippen LogP contribution in [0.1, 0.15) is 24.6 Å². The van der Waals surface area contributed by atoms with Crippen LogP contribution in [-0.4, -0.2) is 22.2 Å². The van der Waals surface area contributed by atoms with Gasteiger partial charge in [0.2, 0.25) is 0 Å². The summed E-state index contributed by atoms with van der Waals surface area (Å²) in [6.45, 7) is 3.90. The van der Waals surface area contributed by atoms with Crippen LogP contribution in [0.2, 0.25) is 0 Å². The van der Waals surface area contributed by atoms with Gasteiger partial charge in [0.1, 0.15) is 5.82 Å². The zero-order valence-corrected chi connectivity index (χ0v) is 6.47. The Morgan fingerprint density at radius 2 is 2.30 bits per heavy atom. The van der Waals surface area contributed by atoms with Gasteiger partial charge in [-0.25, -0.2) is 4.98 Å². The lowest BCUT2D eigenvalue weighted by molar-refractivity contribution is 0.613. The van der Waals surface area contributed by atoms with E-state index < -0.39 is 0 Å². The number of nitrogens with one attached hydrogen (secondary N) is 2. The lowest BCUT2D eigenvalue weighted by Gasteiger charge is -2.02. The van der Waals surface area contributed by atoms with Crippen LogP contribution in [0, 0.1) is 6.92 Å². The van der Waals surface area contributed by atoms with Crippen LogP contribution in [0.3, 0.4) is 0 Å². The van der Waals surface area contributed by atoms with Gasteiger partial charge in [-0.2, -0.15) is 5.10 Å². The smallest absolute Gasteiger partial charge is 0.167 e. The molecule has 4 heteroatoms. The van der Waals surface area contributed by atoms with Crippen molar-refractivity contribution in [2.75, 3.05) is 7.05 Å². The number of nitrogens with zero attached hydrogens (tertiary/aromatic N) is 2. The summed E-state index contributed by atoms with van der Waals surface area (Å²) in [7, 11) is 1.89. The molecular formula is C6H12N4. The highest BCUT2D eigenvalue weighted by Crippen LogP contribution is 2.03. The Morgan fingerprint density at radius 1 is 1.60 bits per heavy atom. The highest BCUT2D eigenvalue weighted by atomic mass is 15.2. The number of aryl methyl sites for hydroxylation is 1. The SMILES string of the molecule is CNC(C)c1n[nH]c(C)n1. The Hall–Kier alpha value is -0.900. The first-order valence-electron chi connectivity index (χ1n) is 3.30. The molecule has 0 radical (unpaired) electrons. The average Bonchev–Trinajstić information content (AvgIpc) is 2.34. The molecule has 0 aliphatic carbocycles. The monoisotopic (exact) mass is 140 g/mol. The third kappa shape index (κ3) is 1.33. The van der Waals surface area contributed by atoms with Crippen LogP contribution < -0.4 is 5.32 Å². The van der Waals surface area contributed by atoms with Crippen molar-refractivity contribution in [3.8, 4) is 0 Å². The molecule has 0 aliphatic rings. The van der Waals surface area contributed by atoms with Gasteiger partial charge in [0.25, 0.3) is 0 Å². The van der Waals surface area contributed by atoms with Gasteiger partial charge in [0, 0.05) is 0 Å². The summed E-state index contributed by atoms with van der Waals surface area (Å²) in [5.74, 6) is 1.68. The molecule has 0 saturated carbocycles. The van der Waals surface area contributed by atoms with Crippen molar-refractivity contribution < 1.29 is 0 Å². The molecule has 0 bridgehead atoms. The molecular weight excluding hydrogens is 128 g/mol. The topological polar surface area (TPSA) is 53.6 Å². The molecule has 0 amide bonds. The fraction of sp³-hybridized carbons (Fsp3) is 0.667. The van der Waals surface area contributed by atoms with Crippen molar-refractivity contribution in [2.45, 2.75) is 19.9 Å². The van der Waals surface area contributed by atoms with Gasteiger partial charge in [0.05, 0.1) is 6.04 Å². The Labute approximate surface area is 60.1 Å². The number of aromatic nitrogens is 3. The Bertz CT molecular complexity index is 205. The standard InChI is InChI=1S/C6H12N4/c1-4(7-3)6-8-5(2)9-10-6/h4,7H,1-3H3,(H,8,9,10). The molecule has 56 valence electrons. The lowest BCUT2D eigenvalue weighted by Crippen LogP contribution is -2.13. The van der Waals surface area contributed by atoms with Crippen molar-refractivity contribution in [2.24, 2.45) is 0 Å². The predicted molar refractivity (Wildman–Crippen MR) is 38.6 cm³/mol. The van der Waals surface area contributed by atoms with Crippen LogP contribution in [0.4, 0.5) is 0 Å². The van der Waals surface area contributed by atoms with Gasteiger partial charge in [-0.3, -0.25) is 5.10 Å². The summed E-state index contributed by atoms with van der Waals surface area (Å²) in [6, 6.07) is 0.227. The number of hydrogen-bond donors (Lipinski definition) is 2. The van der Waals surface area contributed by atoms with E-state index in [1.54, 1.807) is 0 Å². The van der Waals surface area contributed by atoms with E-state index in [1.807, 2.05) is 20.9 Å². The van der Waals surface area contributed by atoms with Crippen molar-refractivity contribution in [3.63, 3.8) is 0 Å². The fourth-order valence-electron chi connectivity index (χ4n) is 0.683. The van der Waals surface area contributed by atoms with Gasteiger partial charge >= 0.3 is 0 Å². The number of H-pyrrole nitrogens is 1. The van der Waals surface area contributed by atoms with Crippen LogP contribution in [0.5, 0.6) is 0 Å². The van der Waals surface area contributed by atoms with Crippen molar-refractivity contribution in [1.82, 2.24) is 20.5 Å². The summed E-state index contributed by atoms with van der Waals surface area (Å²) >= 11 is 0. The van der Waals surface area contributed by atoms with E-state index in [-0.39, 0.29) is 6.04 Å². The molecule has 0 aliphatic heterocycles. The highest BCUT2D eigenvalue weighted by molar-refractivity contribution is 4.92. The van der Waals surface area contributed by atoms with E-state index in [0.717, 1.165) is 11.6 Å². The lowest BCUT2D eigenvalue weighted by atomic mass is 10.3. The summed E-state index contributed by atoms with van der Waals surface area (Å²) in [5.41, 5.74) is 0. The zero-order valence-electron chi connectivity index (χ0n) is 6.47. The highest BCUT2D eigenvalue weighted by Gasteiger charge is 2.05. The zero-order chi connectivity index (χ0) is 7.56. The maximum Gasteiger partial charge on any atom is 0.167 e. The van der Waals surface area contributed by atoms with E-state index in [9.17, 15) is 0 Å². The first-order valence-corrected chi connectivity index (χ1v) is 3.30. The van der Waals surface area contributed by atoms with Crippen molar-refractivity contribution >= 4 is 0 Å². The summed E-state index contributed by atoms with van der Waals surface area (Å²) < 4.78 is 0. The van der Waals surface area contributed by atoms with Gasteiger partial charge < -0.3 is 5.32 Å². The second-order valence-electron chi connectivity index (χ2n) is 2.29. The van der Waals surface area contributed by atoms with Gasteiger partial charge in [-0.1, -0.05) is 0 Å². The minimum Gasteiger partial charge on any atom is -0.311 e. The number of aromatic amines is 1. The van der Waals surface area contributed by atoms with Gasteiger partial charge in [-0.15, -0.1) is 0 Å². The van der Waals surface area contributed by atoms with E-state index in [4.69, 9.17) is 0 Å². The number of rotatable bonds is 2. The molecule has 0 spiro atoms. The largest absolute Gasteiger partial charge is 0.311 e. The third-order valence-corrected chi connectivity index (χ3v) is 1.43. The molecule has 1 rings (SSSR count). The van der Waals surface area contributed by atoms with Crippen LogP contribution >= 0.6 is 0 Å². The molecule has 0 fully saturated rings. The molecule has 1 heterocycles. The van der Waals surface area contributed by atoms with Crippen molar-refractivity contribution in [1.29, 1.82) is 0 Å². The predicted octanol–water partition coefficient (Wildman–Crippen LogP) is 0.394. The van der Waals surface area contributed by atoms with Gasteiger partial charge in [-0.05, 0) is 20.9 Å². The molecule has 0 saturated heterocycles. The molecule has 1 atom stereocenters. The molecule has 0 aromatic carbocycles. The first kappa shape index (κ1) is 7.21. The maximum absolute atomic E-state index is 4.15. The molecule has 2 N–H and O–H groups in total. The number of hydrogen-bond acceptors (Lipinski definition) is 3. The Balaban J connectivity index is 2.74.